The van der Waals surface area contributed by atoms with E-state index in [1.165, 1.54) is 11.4 Å². The molecule has 4 rings (SSSR count). The van der Waals surface area contributed by atoms with Gasteiger partial charge in [-0.3, -0.25) is 4.79 Å². The van der Waals surface area contributed by atoms with E-state index in [0.29, 0.717) is 41.7 Å². The van der Waals surface area contributed by atoms with Crippen molar-refractivity contribution in [3.63, 3.8) is 0 Å². The van der Waals surface area contributed by atoms with Crippen LogP contribution in [-0.4, -0.2) is 61.9 Å². The van der Waals surface area contributed by atoms with Gasteiger partial charge in [0.1, 0.15) is 10.9 Å². The van der Waals surface area contributed by atoms with Gasteiger partial charge in [-0.15, -0.1) is 0 Å². The quantitative estimate of drug-likeness (QED) is 0.255. The van der Waals surface area contributed by atoms with Gasteiger partial charge in [-0.1, -0.05) is 6.07 Å². The number of rotatable bonds is 6. The van der Waals surface area contributed by atoms with Gasteiger partial charge >= 0.3 is 0 Å². The first-order valence-electron chi connectivity index (χ1n) is 9.73. The number of carbonyl (C=O) groups is 1. The highest BCUT2D eigenvalue weighted by Gasteiger charge is 2.35. The number of amides is 1. The molecule has 0 aliphatic carbocycles. The number of carbonyl (C=O) groups excluding carboxylic acids is 1. The maximum atomic E-state index is 13.5. The van der Waals surface area contributed by atoms with Crippen molar-refractivity contribution in [2.75, 3.05) is 38.6 Å². The number of benzene rings is 1. The Balaban J connectivity index is 1.75. The topological polar surface area (TPSA) is 126 Å². The summed E-state index contributed by atoms with van der Waals surface area (Å²) >= 11 is 0.937. The van der Waals surface area contributed by atoms with E-state index in [2.05, 4.69) is 25.5 Å². The summed E-state index contributed by atoms with van der Waals surface area (Å²) < 4.78 is 33.2. The van der Waals surface area contributed by atoms with E-state index in [1.807, 2.05) is 6.92 Å². The van der Waals surface area contributed by atoms with Gasteiger partial charge in [-0.25, -0.2) is 18.3 Å². The van der Waals surface area contributed by atoms with Gasteiger partial charge in [-0.2, -0.15) is 8.64 Å². The Kier molecular flexibility index (Phi) is 6.46. The summed E-state index contributed by atoms with van der Waals surface area (Å²) in [4.78, 5) is 24.9. The molecule has 0 atom stereocenters. The van der Waals surface area contributed by atoms with Gasteiger partial charge in [0.2, 0.25) is 10.0 Å². The lowest BCUT2D eigenvalue weighted by atomic mass is 10.1. The van der Waals surface area contributed by atoms with Crippen molar-refractivity contribution in [2.24, 2.45) is 0 Å². The van der Waals surface area contributed by atoms with Crippen LogP contribution in [0.15, 0.2) is 28.1 Å². The monoisotopic (exact) mass is 465 g/mol. The van der Waals surface area contributed by atoms with Gasteiger partial charge in [0, 0.05) is 30.9 Å². The number of anilines is 1. The lowest BCUT2D eigenvalue weighted by Gasteiger charge is -2.21. The fourth-order valence-electron chi connectivity index (χ4n) is 3.59. The second-order valence-corrected chi connectivity index (χ2v) is 9.66. The standard InChI is InChI=1S/C19H23N5O5S2/c1-12-19(30-29-28-2)23-16(21-12)11-13-17-14(22-18(13)25)5-3-6-15(17)31(26,27)24-9-4-7-20-8-10-24/h3,5-6,11,20H,4,7-10H2,1-2H3,(H,21,23)(H,22,25). The number of fused-ring (bicyclic) bond motifs is 1. The molecular weight excluding hydrogens is 442 g/mol. The third kappa shape index (κ3) is 4.40. The van der Waals surface area contributed by atoms with Crippen molar-refractivity contribution in [1.29, 1.82) is 0 Å². The van der Waals surface area contributed by atoms with Crippen molar-refractivity contribution in [2.45, 2.75) is 23.3 Å². The zero-order valence-corrected chi connectivity index (χ0v) is 18.7. The minimum atomic E-state index is -3.79. The van der Waals surface area contributed by atoms with Gasteiger partial charge in [-0.05, 0) is 38.1 Å². The molecule has 1 fully saturated rings. The highest BCUT2D eigenvalue weighted by atomic mass is 32.2. The minimum Gasteiger partial charge on any atom is -0.342 e. The number of nitrogens with one attached hydrogen (secondary N) is 3. The number of aryl methyl sites for hydroxylation is 1. The molecule has 1 saturated heterocycles. The minimum absolute atomic E-state index is 0.108. The van der Waals surface area contributed by atoms with Crippen LogP contribution in [0.3, 0.4) is 0 Å². The van der Waals surface area contributed by atoms with Gasteiger partial charge in [0.25, 0.3) is 5.91 Å². The SMILES string of the molecule is COOSc1nc(C=C2C(=O)Nc3cccc(S(=O)(=O)N4CCCNCC4)c32)[nH]c1C. The first kappa shape index (κ1) is 22.0. The lowest BCUT2D eigenvalue weighted by Crippen LogP contribution is -2.34. The number of hydrogen-bond donors (Lipinski definition) is 3. The summed E-state index contributed by atoms with van der Waals surface area (Å²) in [5, 5.41) is 6.51. The normalized spacial score (nSPS) is 18.8. The number of hydrogen-bond acceptors (Lipinski definition) is 8. The predicted octanol–water partition coefficient (Wildman–Crippen LogP) is 1.78. The molecule has 2 aliphatic heterocycles. The van der Waals surface area contributed by atoms with Gasteiger partial charge in [0.15, 0.2) is 0 Å². The van der Waals surface area contributed by atoms with Crippen LogP contribution in [0.1, 0.15) is 23.5 Å². The van der Waals surface area contributed by atoms with Crippen LogP contribution >= 0.6 is 12.0 Å². The molecule has 0 unspecified atom stereocenters. The molecule has 1 aromatic heterocycles. The molecule has 0 spiro atoms. The van der Waals surface area contributed by atoms with Crippen LogP contribution in [-0.2, 0) is 24.0 Å². The average molecular weight is 466 g/mol. The largest absolute Gasteiger partial charge is 0.342 e. The van der Waals surface area contributed by atoms with Crippen molar-refractivity contribution in [3.05, 3.63) is 35.3 Å². The summed E-state index contributed by atoms with van der Waals surface area (Å²) in [5.74, 6) is 0.0236. The molecule has 0 radical (unpaired) electrons. The molecule has 10 nitrogen and oxygen atoms in total. The van der Waals surface area contributed by atoms with Crippen molar-refractivity contribution < 1.29 is 22.4 Å². The molecule has 2 aromatic rings. The Labute approximate surface area is 184 Å². The van der Waals surface area contributed by atoms with Gasteiger partial charge < -0.3 is 15.6 Å². The van der Waals surface area contributed by atoms with E-state index in [0.717, 1.165) is 30.7 Å². The summed E-state index contributed by atoms with van der Waals surface area (Å²) in [7, 11) is -2.40. The van der Waals surface area contributed by atoms with Crippen LogP contribution in [0, 0.1) is 6.92 Å². The highest BCUT2D eigenvalue weighted by molar-refractivity contribution is 7.94. The fourth-order valence-corrected chi connectivity index (χ4v) is 5.74. The Bertz CT molecular complexity index is 1120. The number of nitrogens with zero attached hydrogens (tertiary/aromatic N) is 2. The van der Waals surface area contributed by atoms with E-state index < -0.39 is 10.0 Å². The molecule has 0 saturated carbocycles. The van der Waals surface area contributed by atoms with Crippen LogP contribution in [0.4, 0.5) is 5.69 Å². The molecule has 166 valence electrons. The van der Waals surface area contributed by atoms with E-state index in [1.54, 1.807) is 24.3 Å². The first-order valence-corrected chi connectivity index (χ1v) is 11.9. The molecule has 1 aromatic carbocycles. The van der Waals surface area contributed by atoms with Crippen LogP contribution < -0.4 is 10.6 Å². The average Bonchev–Trinajstić information content (AvgIpc) is 3.10. The molecule has 1 amide bonds. The molecule has 3 heterocycles. The Hall–Kier alpha value is -2.22. The Morgan fingerprint density at radius 1 is 1.26 bits per heavy atom. The third-order valence-electron chi connectivity index (χ3n) is 5.03. The number of H-pyrrole nitrogens is 1. The van der Waals surface area contributed by atoms with E-state index >= 15 is 0 Å². The number of sulfonamides is 1. The zero-order chi connectivity index (χ0) is 22.0. The van der Waals surface area contributed by atoms with Crippen LogP contribution in [0.25, 0.3) is 11.6 Å². The number of aromatic nitrogens is 2. The molecule has 31 heavy (non-hydrogen) atoms. The van der Waals surface area contributed by atoms with E-state index in [9.17, 15) is 13.2 Å². The van der Waals surface area contributed by atoms with Crippen LogP contribution in [0.2, 0.25) is 0 Å². The maximum Gasteiger partial charge on any atom is 0.256 e. The first-order chi connectivity index (χ1) is 14.9. The number of imidazole rings is 1. The predicted molar refractivity (Wildman–Crippen MR) is 116 cm³/mol. The summed E-state index contributed by atoms with van der Waals surface area (Å²) in [6, 6.07) is 4.87. The molecule has 2 aliphatic rings. The summed E-state index contributed by atoms with van der Waals surface area (Å²) in [5.41, 5.74) is 1.79. The van der Waals surface area contributed by atoms with E-state index in [-0.39, 0.29) is 16.4 Å². The number of aromatic amines is 1. The maximum absolute atomic E-state index is 13.5. The summed E-state index contributed by atoms with van der Waals surface area (Å²) in [6.45, 7) is 3.97. The highest BCUT2D eigenvalue weighted by Crippen LogP contribution is 2.39. The second kappa shape index (κ2) is 9.10. The molecule has 3 N–H and O–H groups in total. The zero-order valence-electron chi connectivity index (χ0n) is 17.1. The Morgan fingerprint density at radius 2 is 2.10 bits per heavy atom. The second-order valence-electron chi connectivity index (χ2n) is 7.07. The van der Waals surface area contributed by atoms with Crippen LogP contribution in [0.5, 0.6) is 0 Å². The molecular formula is C19H23N5O5S2. The third-order valence-corrected chi connectivity index (χ3v) is 7.73. The fraction of sp³-hybridized carbons (Fsp3) is 0.368. The van der Waals surface area contributed by atoms with Crippen molar-refractivity contribution in [1.82, 2.24) is 19.6 Å². The summed E-state index contributed by atoms with van der Waals surface area (Å²) in [6.07, 6.45) is 2.28. The molecule has 0 bridgehead atoms. The van der Waals surface area contributed by atoms with Gasteiger partial charge in [0.05, 0.1) is 35.3 Å². The Morgan fingerprint density at radius 3 is 2.90 bits per heavy atom. The molecule has 12 heteroatoms. The van der Waals surface area contributed by atoms with E-state index in [4.69, 9.17) is 4.33 Å². The van der Waals surface area contributed by atoms with Crippen molar-refractivity contribution in [3.8, 4) is 0 Å². The lowest BCUT2D eigenvalue weighted by molar-refractivity contribution is -0.160. The van der Waals surface area contributed by atoms with Crippen molar-refractivity contribution >= 4 is 45.3 Å². The smallest absolute Gasteiger partial charge is 0.256 e.